The molecule has 0 saturated carbocycles. The van der Waals surface area contributed by atoms with E-state index in [4.69, 9.17) is 23.2 Å². The molecule has 7 nitrogen and oxygen atoms in total. The largest absolute Gasteiger partial charge is 0.481 e. The van der Waals surface area contributed by atoms with Gasteiger partial charge < -0.3 is 15.3 Å². The average Bonchev–Trinajstić information content (AvgIpc) is 3.36. The van der Waals surface area contributed by atoms with Crippen LogP contribution in [-0.2, 0) is 22.4 Å². The Morgan fingerprint density at radius 3 is 2.34 bits per heavy atom. The fourth-order valence-electron chi connectivity index (χ4n) is 3.88. The number of anilines is 2. The Balaban J connectivity index is 1.43. The molecule has 0 spiro atoms. The van der Waals surface area contributed by atoms with Gasteiger partial charge in [0.1, 0.15) is 16.8 Å². The van der Waals surface area contributed by atoms with E-state index in [2.05, 4.69) is 20.2 Å². The smallest absolute Gasteiger partial charge is 0.308 e. The van der Waals surface area contributed by atoms with Gasteiger partial charge in [-0.3, -0.25) is 9.59 Å². The molecule has 0 radical (unpaired) electrons. The van der Waals surface area contributed by atoms with Crippen LogP contribution in [-0.4, -0.2) is 40.0 Å². The second-order valence-corrected chi connectivity index (χ2v) is 9.04. The summed E-state index contributed by atoms with van der Waals surface area (Å²) in [7, 11) is 0. The monoisotopic (exact) mass is 510 g/mol. The van der Waals surface area contributed by atoms with Gasteiger partial charge in [-0.05, 0) is 54.3 Å². The van der Waals surface area contributed by atoms with E-state index in [0.29, 0.717) is 34.3 Å². The summed E-state index contributed by atoms with van der Waals surface area (Å²) < 4.78 is 0. The molecule has 4 rings (SSSR count). The summed E-state index contributed by atoms with van der Waals surface area (Å²) in [5.74, 6) is -0.0820. The fraction of sp³-hybridized carbons (Fsp3) is 0.231. The van der Waals surface area contributed by atoms with Crippen molar-refractivity contribution in [3.63, 3.8) is 0 Å². The standard InChI is InChI=1S/C26H24Cl2N4O3/c27-19-8-3-17(4-9-19)7-12-23(33)29-20-10-5-18(6-11-20)15-22-30-25(28)21(16-24(34)35)26(31-22)32-13-1-2-14-32/h3-12H,1-2,13-16H2,(H,29,33)(H,34,35). The van der Waals surface area contributed by atoms with Gasteiger partial charge in [-0.1, -0.05) is 47.5 Å². The highest BCUT2D eigenvalue weighted by atomic mass is 35.5. The lowest BCUT2D eigenvalue weighted by molar-refractivity contribution is -0.136. The van der Waals surface area contributed by atoms with Crippen molar-refractivity contribution in [3.05, 3.63) is 87.3 Å². The molecule has 2 aromatic carbocycles. The first kappa shape index (κ1) is 24.7. The minimum absolute atomic E-state index is 0.177. The number of benzene rings is 2. The van der Waals surface area contributed by atoms with E-state index in [1.165, 1.54) is 6.08 Å². The van der Waals surface area contributed by atoms with Gasteiger partial charge in [0.2, 0.25) is 5.91 Å². The molecule has 0 aliphatic carbocycles. The molecule has 2 N–H and O–H groups in total. The van der Waals surface area contributed by atoms with E-state index in [1.807, 2.05) is 36.4 Å². The van der Waals surface area contributed by atoms with Crippen LogP contribution in [0.4, 0.5) is 11.5 Å². The number of halogens is 2. The SMILES string of the molecule is O=C(O)Cc1c(Cl)nc(Cc2ccc(NC(=O)C=Cc3ccc(Cl)cc3)cc2)nc1N1CCCC1. The van der Waals surface area contributed by atoms with Crippen molar-refractivity contribution in [1.82, 2.24) is 9.97 Å². The number of nitrogens with zero attached hydrogens (tertiary/aromatic N) is 3. The van der Waals surface area contributed by atoms with Crippen molar-refractivity contribution < 1.29 is 14.7 Å². The first-order valence-electron chi connectivity index (χ1n) is 11.2. The third-order valence-electron chi connectivity index (χ3n) is 5.60. The van der Waals surface area contributed by atoms with Crippen LogP contribution < -0.4 is 10.2 Å². The summed E-state index contributed by atoms with van der Waals surface area (Å²) in [6, 6.07) is 14.6. The maximum absolute atomic E-state index is 12.2. The summed E-state index contributed by atoms with van der Waals surface area (Å²) in [4.78, 5) is 34.7. The zero-order valence-electron chi connectivity index (χ0n) is 18.9. The van der Waals surface area contributed by atoms with Crippen LogP contribution in [0.25, 0.3) is 6.08 Å². The summed E-state index contributed by atoms with van der Waals surface area (Å²) >= 11 is 12.3. The molecule has 1 amide bonds. The number of carboxylic acid groups (broad SMARTS) is 1. The van der Waals surface area contributed by atoms with Crippen molar-refractivity contribution in [1.29, 1.82) is 0 Å². The van der Waals surface area contributed by atoms with Gasteiger partial charge in [0.25, 0.3) is 0 Å². The third kappa shape index (κ3) is 6.81. The second-order valence-electron chi connectivity index (χ2n) is 8.25. The van der Waals surface area contributed by atoms with Crippen molar-refractivity contribution in [2.75, 3.05) is 23.3 Å². The van der Waals surface area contributed by atoms with Crippen LogP contribution >= 0.6 is 23.2 Å². The molecule has 0 atom stereocenters. The first-order chi connectivity index (χ1) is 16.9. The lowest BCUT2D eigenvalue weighted by Gasteiger charge is -2.21. The van der Waals surface area contributed by atoms with Gasteiger partial charge in [-0.25, -0.2) is 9.97 Å². The summed E-state index contributed by atoms with van der Waals surface area (Å²) in [6.45, 7) is 1.64. The van der Waals surface area contributed by atoms with Crippen molar-refractivity contribution in [2.45, 2.75) is 25.7 Å². The normalized spacial score (nSPS) is 13.4. The van der Waals surface area contributed by atoms with Crippen LogP contribution in [0.3, 0.4) is 0 Å². The molecule has 180 valence electrons. The lowest BCUT2D eigenvalue weighted by atomic mass is 10.1. The lowest BCUT2D eigenvalue weighted by Crippen LogP contribution is -2.23. The number of aromatic nitrogens is 2. The number of carboxylic acids is 1. The van der Waals surface area contributed by atoms with E-state index in [1.54, 1.807) is 18.2 Å². The fourth-order valence-corrected chi connectivity index (χ4v) is 4.25. The van der Waals surface area contributed by atoms with Crippen LogP contribution in [0.1, 0.15) is 35.4 Å². The first-order valence-corrected chi connectivity index (χ1v) is 12.0. The minimum atomic E-state index is -0.968. The number of carbonyl (C=O) groups excluding carboxylic acids is 1. The number of nitrogens with one attached hydrogen (secondary N) is 1. The van der Waals surface area contributed by atoms with E-state index >= 15 is 0 Å². The third-order valence-corrected chi connectivity index (χ3v) is 6.16. The second kappa shape index (κ2) is 11.3. The van der Waals surface area contributed by atoms with Crippen molar-refractivity contribution >= 4 is 52.7 Å². The van der Waals surface area contributed by atoms with Gasteiger partial charge in [0.15, 0.2) is 0 Å². The van der Waals surface area contributed by atoms with Crippen LogP contribution in [0, 0.1) is 0 Å². The topological polar surface area (TPSA) is 95.4 Å². The van der Waals surface area contributed by atoms with Crippen molar-refractivity contribution in [2.24, 2.45) is 0 Å². The molecule has 2 heterocycles. The van der Waals surface area contributed by atoms with Gasteiger partial charge in [0.05, 0.1) is 6.42 Å². The Kier molecular flexibility index (Phi) is 8.00. The Hall–Kier alpha value is -3.42. The number of aliphatic carboxylic acids is 1. The van der Waals surface area contributed by atoms with E-state index in [-0.39, 0.29) is 17.5 Å². The molecule has 1 fully saturated rings. The molecule has 9 heteroatoms. The highest BCUT2D eigenvalue weighted by Gasteiger charge is 2.23. The quantitative estimate of drug-likeness (QED) is 0.317. The molecule has 3 aromatic rings. The zero-order chi connectivity index (χ0) is 24.8. The highest BCUT2D eigenvalue weighted by molar-refractivity contribution is 6.31. The van der Waals surface area contributed by atoms with E-state index in [9.17, 15) is 14.7 Å². The molecule has 1 saturated heterocycles. The Labute approximate surface area is 213 Å². The summed E-state index contributed by atoms with van der Waals surface area (Å²) in [5, 5.41) is 12.9. The molecule has 1 aliphatic heterocycles. The average molecular weight is 511 g/mol. The van der Waals surface area contributed by atoms with Crippen molar-refractivity contribution in [3.8, 4) is 0 Å². The van der Waals surface area contributed by atoms with E-state index < -0.39 is 5.97 Å². The van der Waals surface area contributed by atoms with Crippen LogP contribution in [0.5, 0.6) is 0 Å². The molecule has 35 heavy (non-hydrogen) atoms. The van der Waals surface area contributed by atoms with Gasteiger partial charge in [-0.15, -0.1) is 0 Å². The molecule has 0 bridgehead atoms. The molecular formula is C26H24Cl2N4O3. The Morgan fingerprint density at radius 2 is 1.69 bits per heavy atom. The highest BCUT2D eigenvalue weighted by Crippen LogP contribution is 2.28. The van der Waals surface area contributed by atoms with Gasteiger partial charge >= 0.3 is 5.97 Å². The number of hydrogen-bond acceptors (Lipinski definition) is 5. The van der Waals surface area contributed by atoms with Crippen LogP contribution in [0.2, 0.25) is 10.2 Å². The predicted molar refractivity (Wildman–Crippen MR) is 138 cm³/mol. The maximum atomic E-state index is 12.2. The Bertz CT molecular complexity index is 1240. The number of hydrogen-bond donors (Lipinski definition) is 2. The predicted octanol–water partition coefficient (Wildman–Crippen LogP) is 5.25. The summed E-state index contributed by atoms with van der Waals surface area (Å²) in [6.07, 6.45) is 5.46. The zero-order valence-corrected chi connectivity index (χ0v) is 20.4. The van der Waals surface area contributed by atoms with E-state index in [0.717, 1.165) is 37.1 Å². The van der Waals surface area contributed by atoms with Gasteiger partial charge in [0, 0.05) is 41.9 Å². The molecular weight excluding hydrogens is 487 g/mol. The number of carbonyl (C=O) groups is 2. The molecule has 0 unspecified atom stereocenters. The summed E-state index contributed by atoms with van der Waals surface area (Å²) in [5.41, 5.74) is 2.93. The number of rotatable bonds is 8. The minimum Gasteiger partial charge on any atom is -0.481 e. The Morgan fingerprint density at radius 1 is 1.00 bits per heavy atom. The molecule has 1 aliphatic rings. The molecule has 1 aromatic heterocycles. The van der Waals surface area contributed by atoms with Crippen LogP contribution in [0.15, 0.2) is 54.6 Å². The maximum Gasteiger partial charge on any atom is 0.308 e. The number of amides is 1. The van der Waals surface area contributed by atoms with Gasteiger partial charge in [-0.2, -0.15) is 0 Å².